The van der Waals surface area contributed by atoms with Crippen LogP contribution < -0.4 is 10.2 Å². The number of hydrogen-bond acceptors (Lipinski definition) is 3. The van der Waals surface area contributed by atoms with E-state index < -0.39 is 17.5 Å². The lowest BCUT2D eigenvalue weighted by atomic mass is 9.98. The van der Waals surface area contributed by atoms with Gasteiger partial charge in [-0.1, -0.05) is 12.8 Å². The van der Waals surface area contributed by atoms with Crippen molar-refractivity contribution < 1.29 is 19.8 Å². The van der Waals surface area contributed by atoms with Crippen molar-refractivity contribution in [2.75, 3.05) is 11.9 Å². The number of amides is 2. The van der Waals surface area contributed by atoms with Crippen molar-refractivity contribution in [1.82, 2.24) is 5.32 Å². The minimum Gasteiger partial charge on any atom is -0.508 e. The van der Waals surface area contributed by atoms with Crippen LogP contribution in [0.2, 0.25) is 0 Å². The standard InChI is InChI=1S/C14H18N2O4/c1-16(10-4-6-11(17)7-5-10)13(20)15-14(12(18)19)8-2-3-9-14/h4-7,17H,2-3,8-9H2,1H3,(H,15,20)(H,18,19). The molecule has 2 rings (SSSR count). The van der Waals surface area contributed by atoms with Crippen LogP contribution in [-0.4, -0.2) is 34.8 Å². The number of urea groups is 1. The second-order valence-corrected chi connectivity index (χ2v) is 5.10. The molecule has 1 aromatic rings. The largest absolute Gasteiger partial charge is 0.508 e. The molecule has 3 N–H and O–H groups in total. The molecule has 1 saturated carbocycles. The topological polar surface area (TPSA) is 89.9 Å². The van der Waals surface area contributed by atoms with Gasteiger partial charge < -0.3 is 15.5 Å². The third-order valence-corrected chi connectivity index (χ3v) is 3.75. The number of phenolic OH excluding ortho intramolecular Hbond substituents is 1. The van der Waals surface area contributed by atoms with Crippen molar-refractivity contribution in [2.24, 2.45) is 0 Å². The summed E-state index contributed by atoms with van der Waals surface area (Å²) >= 11 is 0. The fourth-order valence-electron chi connectivity index (χ4n) is 2.45. The molecule has 0 aromatic heterocycles. The Morgan fingerprint density at radius 3 is 2.25 bits per heavy atom. The molecule has 1 fully saturated rings. The Balaban J connectivity index is 2.11. The predicted octanol–water partition coefficient (Wildman–Crippen LogP) is 1.94. The summed E-state index contributed by atoms with van der Waals surface area (Å²) in [6, 6.07) is 5.68. The number of benzene rings is 1. The Kier molecular flexibility index (Phi) is 3.83. The number of nitrogens with one attached hydrogen (secondary N) is 1. The lowest BCUT2D eigenvalue weighted by molar-refractivity contribution is -0.144. The van der Waals surface area contributed by atoms with E-state index in [0.717, 1.165) is 12.8 Å². The molecule has 0 saturated heterocycles. The first-order chi connectivity index (χ1) is 9.44. The second kappa shape index (κ2) is 5.40. The molecule has 0 heterocycles. The number of nitrogens with zero attached hydrogens (tertiary/aromatic N) is 1. The third-order valence-electron chi connectivity index (χ3n) is 3.75. The molecule has 1 aromatic carbocycles. The number of carboxylic acid groups (broad SMARTS) is 1. The minimum atomic E-state index is -1.15. The van der Waals surface area contributed by atoms with Gasteiger partial charge in [-0.25, -0.2) is 9.59 Å². The third kappa shape index (κ3) is 2.68. The van der Waals surface area contributed by atoms with Crippen LogP contribution in [0.3, 0.4) is 0 Å². The van der Waals surface area contributed by atoms with Crippen LogP contribution in [0.5, 0.6) is 5.75 Å². The van der Waals surface area contributed by atoms with E-state index in [1.54, 1.807) is 19.2 Å². The Bertz CT molecular complexity index is 506. The monoisotopic (exact) mass is 278 g/mol. The summed E-state index contributed by atoms with van der Waals surface area (Å²) in [5.74, 6) is -0.872. The Labute approximate surface area is 117 Å². The van der Waals surface area contributed by atoms with E-state index in [2.05, 4.69) is 5.32 Å². The zero-order chi connectivity index (χ0) is 14.8. The number of carbonyl (C=O) groups is 2. The average molecular weight is 278 g/mol. The summed E-state index contributed by atoms with van der Waals surface area (Å²) in [5, 5.41) is 21.2. The van der Waals surface area contributed by atoms with Gasteiger partial charge in [0, 0.05) is 12.7 Å². The fraction of sp³-hybridized carbons (Fsp3) is 0.429. The zero-order valence-electron chi connectivity index (χ0n) is 11.3. The molecule has 0 bridgehead atoms. The highest BCUT2D eigenvalue weighted by atomic mass is 16.4. The molecule has 6 heteroatoms. The molecule has 0 unspecified atom stereocenters. The summed E-state index contributed by atoms with van der Waals surface area (Å²) in [7, 11) is 1.56. The van der Waals surface area contributed by atoms with Crippen LogP contribution in [0.15, 0.2) is 24.3 Å². The van der Waals surface area contributed by atoms with Crippen molar-refractivity contribution in [2.45, 2.75) is 31.2 Å². The molecule has 0 atom stereocenters. The smallest absolute Gasteiger partial charge is 0.329 e. The number of phenols is 1. The lowest BCUT2D eigenvalue weighted by Gasteiger charge is -2.28. The Morgan fingerprint density at radius 1 is 1.20 bits per heavy atom. The van der Waals surface area contributed by atoms with Gasteiger partial charge in [-0.05, 0) is 37.1 Å². The highest BCUT2D eigenvalue weighted by Crippen LogP contribution is 2.30. The summed E-state index contributed by atoms with van der Waals surface area (Å²) in [4.78, 5) is 24.9. The number of hydrogen-bond donors (Lipinski definition) is 3. The van der Waals surface area contributed by atoms with Crippen LogP contribution >= 0.6 is 0 Å². The van der Waals surface area contributed by atoms with Crippen molar-refractivity contribution in [3.05, 3.63) is 24.3 Å². The molecular formula is C14H18N2O4. The van der Waals surface area contributed by atoms with Crippen molar-refractivity contribution in [3.8, 4) is 5.75 Å². The Hall–Kier alpha value is -2.24. The first-order valence-electron chi connectivity index (χ1n) is 6.53. The van der Waals surface area contributed by atoms with E-state index in [9.17, 15) is 19.8 Å². The zero-order valence-corrected chi connectivity index (χ0v) is 11.3. The predicted molar refractivity (Wildman–Crippen MR) is 73.9 cm³/mol. The minimum absolute atomic E-state index is 0.111. The fourth-order valence-corrected chi connectivity index (χ4v) is 2.45. The van der Waals surface area contributed by atoms with Gasteiger partial charge in [-0.2, -0.15) is 0 Å². The van der Waals surface area contributed by atoms with E-state index in [-0.39, 0.29) is 5.75 Å². The summed E-state index contributed by atoms with van der Waals surface area (Å²) in [6.07, 6.45) is 2.51. The number of carboxylic acids is 1. The summed E-state index contributed by atoms with van der Waals surface area (Å²) < 4.78 is 0. The van der Waals surface area contributed by atoms with Gasteiger partial charge in [0.05, 0.1) is 0 Å². The highest BCUT2D eigenvalue weighted by molar-refractivity contribution is 5.95. The summed E-state index contributed by atoms with van der Waals surface area (Å²) in [6.45, 7) is 0. The molecule has 108 valence electrons. The molecule has 20 heavy (non-hydrogen) atoms. The number of anilines is 1. The molecule has 1 aliphatic rings. The molecule has 0 aliphatic heterocycles. The molecule has 2 amide bonds. The van der Waals surface area contributed by atoms with Crippen LogP contribution in [0, 0.1) is 0 Å². The van der Waals surface area contributed by atoms with Gasteiger partial charge in [0.2, 0.25) is 0 Å². The maximum atomic E-state index is 12.2. The van der Waals surface area contributed by atoms with Crippen LogP contribution in [0.25, 0.3) is 0 Å². The van der Waals surface area contributed by atoms with Crippen LogP contribution in [0.1, 0.15) is 25.7 Å². The Morgan fingerprint density at radius 2 is 1.75 bits per heavy atom. The molecule has 0 radical (unpaired) electrons. The molecule has 6 nitrogen and oxygen atoms in total. The number of rotatable bonds is 3. The maximum absolute atomic E-state index is 12.2. The number of carbonyl (C=O) groups excluding carboxylic acids is 1. The first kappa shape index (κ1) is 14.2. The quantitative estimate of drug-likeness (QED) is 0.788. The van der Waals surface area contributed by atoms with Gasteiger partial charge in [0.1, 0.15) is 11.3 Å². The van der Waals surface area contributed by atoms with Crippen molar-refractivity contribution >= 4 is 17.7 Å². The van der Waals surface area contributed by atoms with Gasteiger partial charge in [-0.3, -0.25) is 4.90 Å². The van der Waals surface area contributed by atoms with Gasteiger partial charge >= 0.3 is 12.0 Å². The normalized spacial score (nSPS) is 16.6. The molecule has 0 spiro atoms. The van der Waals surface area contributed by atoms with E-state index in [4.69, 9.17) is 0 Å². The lowest BCUT2D eigenvalue weighted by Crippen LogP contribution is -2.55. The SMILES string of the molecule is CN(C(=O)NC1(C(=O)O)CCCC1)c1ccc(O)cc1. The van der Waals surface area contributed by atoms with E-state index in [0.29, 0.717) is 18.5 Å². The van der Waals surface area contributed by atoms with E-state index in [1.165, 1.54) is 17.0 Å². The highest BCUT2D eigenvalue weighted by Gasteiger charge is 2.43. The number of aromatic hydroxyl groups is 1. The van der Waals surface area contributed by atoms with E-state index in [1.807, 2.05) is 0 Å². The van der Waals surface area contributed by atoms with Gasteiger partial charge in [0.25, 0.3) is 0 Å². The van der Waals surface area contributed by atoms with Gasteiger partial charge in [0.15, 0.2) is 0 Å². The van der Waals surface area contributed by atoms with Gasteiger partial charge in [-0.15, -0.1) is 0 Å². The van der Waals surface area contributed by atoms with Crippen LogP contribution in [-0.2, 0) is 4.79 Å². The van der Waals surface area contributed by atoms with Crippen LogP contribution in [0.4, 0.5) is 10.5 Å². The first-order valence-corrected chi connectivity index (χ1v) is 6.53. The second-order valence-electron chi connectivity index (χ2n) is 5.10. The number of aliphatic carboxylic acids is 1. The average Bonchev–Trinajstić information content (AvgIpc) is 2.88. The van der Waals surface area contributed by atoms with E-state index >= 15 is 0 Å². The maximum Gasteiger partial charge on any atom is 0.329 e. The van der Waals surface area contributed by atoms with Crippen molar-refractivity contribution in [3.63, 3.8) is 0 Å². The summed E-state index contributed by atoms with van der Waals surface area (Å²) in [5.41, 5.74) is -0.568. The van der Waals surface area contributed by atoms with Crippen molar-refractivity contribution in [1.29, 1.82) is 0 Å². The molecular weight excluding hydrogens is 260 g/mol. The molecule has 1 aliphatic carbocycles.